The average Bonchev–Trinajstić information content (AvgIpc) is 1.03. The molecule has 3 fully saturated rings. The number of nitrogens with two attached hydrogens (primary N) is 3. The Labute approximate surface area is 805 Å². The molecule has 137 heavy (non-hydrogen) atoms. The Kier molecular flexibility index (Phi) is 32.3. The molecule has 11 heterocycles. The minimum absolute atomic E-state index is 0. The summed E-state index contributed by atoms with van der Waals surface area (Å²) in [4.78, 5) is 174. The number of primary amides is 1. The Morgan fingerprint density at radius 2 is 1.47 bits per heavy atom. The van der Waals surface area contributed by atoms with Crippen molar-refractivity contribution >= 4 is 133 Å². The summed E-state index contributed by atoms with van der Waals surface area (Å²) < 4.78 is 40.5. The molecule has 9 aliphatic heterocycles. The minimum atomic E-state index is -2.33. The Morgan fingerprint density at radius 3 is 2.09 bits per heavy atom. The SMILES string of the molecule is C.CN[C@H](CC(C)C)C(=O)NC1C(=O)C[C@@H](CC(N)=O)C(=O)N[C@H]2C(=O)C[C@H]3C(=O)N[C@H](C(=O)N[C@H](C(=O)NCCCO/N=C(\C(=O)C[C@@H]4C(=O)N5C(C(=O)[O-])=C(C[n+]6ccccc6)CS[C@H]45)c4nc(N)sc4Cl)c4cc(O)cc(O)c4-c4cc3ccc4O)[C@H](O)c3ccc(c(Cl)c3)Oc3cc2cc(c3O[C@@H]2O[C@H](CO)[C@@H](O)[C@H](O)[C@H]2O[C@H]2C[C@](C)(N)[C@H](O)[C@H](C)O2)Oc2ccc(cc2Cl)[C@H]1O. The summed E-state index contributed by atoms with van der Waals surface area (Å²) in [5.41, 5.74) is 13.9. The number of Topliss-reactive ketones (excluding diaryl/α,β-unsaturated/α-hetero) is 3. The number of aromatic hydroxyl groups is 3. The number of fused-ring (bicyclic) bond motifs is 16. The van der Waals surface area contributed by atoms with Crippen LogP contribution >= 0.6 is 57.9 Å². The quantitative estimate of drug-likeness (QED) is 0.0129. The highest BCUT2D eigenvalue weighted by Crippen LogP contribution is 2.52. The van der Waals surface area contributed by atoms with E-state index in [4.69, 9.17) is 85.3 Å². The number of amides is 7. The molecule has 9 aliphatic rings. The summed E-state index contributed by atoms with van der Waals surface area (Å²) in [5.74, 6) is -22.5. The number of aliphatic hydroxyl groups is 6. The number of hydrogen-bond donors (Lipinski definition) is 18. The first-order valence-electron chi connectivity index (χ1n) is 43.0. The number of aliphatic carboxylic acids is 1. The van der Waals surface area contributed by atoms with Crippen LogP contribution in [0, 0.1) is 17.8 Å². The predicted octanol–water partition coefficient (Wildman–Crippen LogP) is 2.74. The zero-order valence-electron chi connectivity index (χ0n) is 73.2. The normalized spacial score (nSPS) is 27.0. The van der Waals surface area contributed by atoms with Gasteiger partial charge in [0, 0.05) is 91.3 Å². The summed E-state index contributed by atoms with van der Waals surface area (Å²) in [6.07, 6.45) is -18.2. The van der Waals surface area contributed by atoms with E-state index in [1.165, 1.54) is 44.8 Å². The number of nitrogens with one attached hydrogen (secondary N) is 6. The number of thioether (sulfide) groups is 1. The zero-order chi connectivity index (χ0) is 98.1. The van der Waals surface area contributed by atoms with E-state index in [1.807, 2.05) is 13.8 Å². The third-order valence-corrected chi connectivity index (χ3v) is 27.3. The third kappa shape index (κ3) is 22.3. The predicted molar refractivity (Wildman–Crippen MR) is 488 cm³/mol. The lowest BCUT2D eigenvalue weighted by molar-refractivity contribution is -0.689. The first-order chi connectivity index (χ1) is 64.6. The molecule has 7 amide bonds. The second-order valence-electron chi connectivity index (χ2n) is 34.5. The van der Waals surface area contributed by atoms with Crippen molar-refractivity contribution in [3.05, 3.63) is 169 Å². The molecule has 0 spiro atoms. The number of pyridine rings is 1. The lowest BCUT2D eigenvalue weighted by atomic mass is 9.84. The lowest BCUT2D eigenvalue weighted by Crippen LogP contribution is -2.64. The van der Waals surface area contributed by atoms with Crippen molar-refractivity contribution in [3.63, 3.8) is 0 Å². The maximum absolute atomic E-state index is 16.5. The van der Waals surface area contributed by atoms with E-state index in [0.717, 1.165) is 83.0 Å². The van der Waals surface area contributed by atoms with Crippen LogP contribution in [0.5, 0.6) is 46.0 Å². The number of ether oxygens (including phenoxy) is 6. The van der Waals surface area contributed by atoms with Gasteiger partial charge < -0.3 is 138 Å². The van der Waals surface area contributed by atoms with Gasteiger partial charge in [0.15, 0.2) is 71.0 Å². The number of hydrogen-bond acceptors (Lipinski definition) is 35. The fourth-order valence-electron chi connectivity index (χ4n) is 17.3. The van der Waals surface area contributed by atoms with E-state index in [-0.39, 0.29) is 93.2 Å². The van der Waals surface area contributed by atoms with Gasteiger partial charge in [0.25, 0.3) is 0 Å². The van der Waals surface area contributed by atoms with Crippen molar-refractivity contribution in [3.8, 4) is 57.1 Å². The molecule has 732 valence electrons. The number of carbonyl (C=O) groups excluding carboxylic acids is 11. The number of carboxylic acid groups (broad SMARTS) is 1. The second-order valence-corrected chi connectivity index (χ2v) is 38.0. The molecule has 0 radical (unpaired) electrons. The number of carboxylic acids is 1. The van der Waals surface area contributed by atoms with Gasteiger partial charge in [-0.3, -0.25) is 52.8 Å². The molecular weight excluding hydrogens is 1890 g/mol. The molecule has 7 aromatic rings. The number of anilines is 1. The number of benzene rings is 5. The van der Waals surface area contributed by atoms with Crippen LogP contribution in [-0.4, -0.2) is 237 Å². The van der Waals surface area contributed by atoms with Crippen LogP contribution in [0.25, 0.3) is 11.1 Å². The van der Waals surface area contributed by atoms with Crippen LogP contribution in [0.2, 0.25) is 14.4 Å². The summed E-state index contributed by atoms with van der Waals surface area (Å²) in [5, 5.41) is 137. The highest BCUT2D eigenvalue weighted by molar-refractivity contribution is 8.00. The smallest absolute Gasteiger partial charge is 0.247 e. The topological polar surface area (TPSA) is 640 Å². The van der Waals surface area contributed by atoms with E-state index in [1.54, 1.807) is 35.2 Å². The van der Waals surface area contributed by atoms with E-state index in [2.05, 4.69) is 42.0 Å². The Morgan fingerprint density at radius 1 is 0.796 bits per heavy atom. The number of phenolic OH excluding ortho intramolecular Hbond substituents is 3. The van der Waals surface area contributed by atoms with Crippen molar-refractivity contribution in [2.75, 3.05) is 38.3 Å². The Hall–Kier alpha value is -11.8. The van der Waals surface area contributed by atoms with Crippen molar-refractivity contribution in [2.24, 2.45) is 34.4 Å². The number of rotatable bonds is 25. The van der Waals surface area contributed by atoms with Crippen molar-refractivity contribution < 1.29 is 142 Å². The molecule has 16 rings (SSSR count). The molecule has 2 aromatic heterocycles. The summed E-state index contributed by atoms with van der Waals surface area (Å²) in [7, 11) is 1.48. The van der Waals surface area contributed by atoms with Crippen LogP contribution in [-0.2, 0) is 78.3 Å². The number of thiazole rings is 1. The number of nitrogens with zero attached hydrogens (tertiary/aromatic N) is 4. The van der Waals surface area contributed by atoms with Crippen LogP contribution in [0.1, 0.15) is 144 Å². The Bertz CT molecular complexity index is 5920. The van der Waals surface area contributed by atoms with E-state index < -0.39 is 304 Å². The second kappa shape index (κ2) is 43.1. The fourth-order valence-corrected chi connectivity index (χ4v) is 20.0. The number of halogens is 3. The molecule has 21 N–H and O–H groups in total. The van der Waals surface area contributed by atoms with Gasteiger partial charge in [-0.15, -0.1) is 11.8 Å². The number of phenols is 3. The van der Waals surface area contributed by atoms with Crippen LogP contribution in [0.4, 0.5) is 5.13 Å². The van der Waals surface area contributed by atoms with E-state index >= 15 is 28.8 Å². The van der Waals surface area contributed by atoms with E-state index in [9.17, 15) is 75.0 Å². The number of nitrogen functional groups attached to an aromatic ring is 1. The van der Waals surface area contributed by atoms with Crippen LogP contribution in [0.15, 0.2) is 126 Å². The van der Waals surface area contributed by atoms with Crippen molar-refractivity contribution in [1.29, 1.82) is 0 Å². The highest BCUT2D eigenvalue weighted by atomic mass is 35.5. The molecule has 20 atom stereocenters. The number of oxime groups is 1. The summed E-state index contributed by atoms with van der Waals surface area (Å²) >= 11 is 23.0. The number of aromatic nitrogens is 2. The van der Waals surface area contributed by atoms with Gasteiger partial charge >= 0.3 is 0 Å². The lowest BCUT2D eigenvalue weighted by Gasteiger charge is -2.50. The van der Waals surface area contributed by atoms with Crippen molar-refractivity contribution in [1.82, 2.24) is 41.8 Å². The molecule has 46 heteroatoms. The van der Waals surface area contributed by atoms with Crippen LogP contribution < -0.4 is 73.0 Å². The first kappa shape index (κ1) is 103. The molecule has 11 bridgehead atoms. The standard InChI is InChI=1S/C90H98Cl3N13O28S2.CH4/c1-36(2)20-51(97-5)82(122)101-68-54(111)24-42(27-62(94)114)80(120)99-65-41-25-59(130-57-14-11-39(72(68)115)22-49(57)91)76(134-88-77(75(118)74(117)61(34-107)132-88)133-63-32-90(4,96)78(119)37(3)129-63)60(26-41)131-58-15-12-40(23-50(58)92)73(116)70-84(124)100-66(47-28-44(108)29-53(110)64(47)46-21-38(10-13-52(46)109)45(30-55(65)112)81(121)102-70)83(123)98-16-9-19-128-104-67(69-79(93)136-89(95)103-69)56(113)31-48-85(125)106-71(87(126)127)43(35-135-86(48)106)33-105-17-7-6-8-18-105;/h6-8,10-15,17-18,21-23,25-26,28-29,36-37,42,45,48,51,61,63,65-66,68,70,72-75,77-78,86,88,97,107,115-119H,9,16,19-20,24,27,30-35,96H2,1-5H3,(H12-,94,95,98,99,100,101,102,103,104,108,109,110,113,114,120,121,122,123,124,126,127);1H4/t37-,42-,45+,48+,51+,61+,63-,65+,66-,68?,70-,72+,73+,74+,75-,77+,78+,86+,88-,90-;/m0./s1. The van der Waals surface area contributed by atoms with Gasteiger partial charge in [-0.1, -0.05) is 96.8 Å². The molecule has 3 saturated heterocycles. The third-order valence-electron chi connectivity index (χ3n) is 24.2. The number of aliphatic hydroxyl groups excluding tert-OH is 6. The van der Waals surface area contributed by atoms with Gasteiger partial charge in [0.1, 0.15) is 100 Å². The molecule has 5 aromatic carbocycles. The zero-order valence-corrected chi connectivity index (χ0v) is 77.1. The van der Waals surface area contributed by atoms with E-state index in [0.29, 0.717) is 5.57 Å². The van der Waals surface area contributed by atoms with Gasteiger partial charge in [-0.25, -0.2) is 9.55 Å². The first-order valence-corrected chi connectivity index (χ1v) is 46.0. The molecule has 0 saturated carbocycles. The Balaban J connectivity index is 0.0000159. The fraction of sp³-hybridized carbons (Fsp3) is 0.429. The molecule has 41 nitrogen and oxygen atoms in total. The summed E-state index contributed by atoms with van der Waals surface area (Å²) in [6, 6.07) is 9.73. The average molecular weight is 2000 g/mol. The number of β-lactam (4-membered cyclic amide) rings is 1. The molecular formula is C91H102Cl3N13O28S2. The highest BCUT2D eigenvalue weighted by Gasteiger charge is 2.55. The minimum Gasteiger partial charge on any atom is -0.543 e. The van der Waals surface area contributed by atoms with Gasteiger partial charge in [-0.05, 0) is 116 Å². The van der Waals surface area contributed by atoms with Gasteiger partial charge in [0.05, 0.1) is 69.7 Å². The summed E-state index contributed by atoms with van der Waals surface area (Å²) in [6.45, 7) is 4.94. The number of ketones is 3. The van der Waals surface area contributed by atoms with Crippen LogP contribution in [0.3, 0.4) is 0 Å². The number of carbonyl (C=O) groups is 11. The maximum Gasteiger partial charge on any atom is 0.247 e. The monoisotopic (exact) mass is 1990 g/mol. The van der Waals surface area contributed by atoms with Crippen molar-refractivity contribution in [2.45, 2.75) is 195 Å². The largest absolute Gasteiger partial charge is 0.543 e. The molecule has 1 unspecified atom stereocenters. The van der Waals surface area contributed by atoms with Gasteiger partial charge in [-0.2, -0.15) is 0 Å². The number of likely N-dealkylation sites (N-methyl/N-ethyl adjacent to an activating group) is 1. The molecule has 0 aliphatic carbocycles. The maximum atomic E-state index is 16.5. The van der Waals surface area contributed by atoms with Gasteiger partial charge in [0.2, 0.25) is 53.4 Å².